The first-order valence-electron chi connectivity index (χ1n) is 8.10. The number of rotatable bonds is 3. The quantitative estimate of drug-likeness (QED) is 0.627. The van der Waals surface area contributed by atoms with Gasteiger partial charge in [-0.15, -0.1) is 0 Å². The Labute approximate surface area is 150 Å². The Morgan fingerprint density at radius 3 is 2.62 bits per heavy atom. The number of anilines is 1. The van der Waals surface area contributed by atoms with Gasteiger partial charge in [-0.1, -0.05) is 29.8 Å². The van der Waals surface area contributed by atoms with Gasteiger partial charge < -0.3 is 14.2 Å². The second-order valence-electron chi connectivity index (χ2n) is 6.06. The second-order valence-corrected chi connectivity index (χ2v) is 6.91. The highest BCUT2D eigenvalue weighted by molar-refractivity contribution is 9.10. The summed E-state index contributed by atoms with van der Waals surface area (Å²) in [4.78, 5) is 2.32. The van der Waals surface area contributed by atoms with E-state index in [1.807, 2.05) is 12.1 Å². The Balaban J connectivity index is 1.64. The number of ether oxygens (including phenoxy) is 1. The standard InChI is InChI=1S/C20H19BrN2O/c1-15-6-8-17(9-7-15)23-12-13-24-20(23)16-10-11-22(14-16)19-5-3-2-4-18(19)21/h2-11,14,20H,12-13H2,1H3. The molecule has 0 N–H and O–H groups in total. The number of para-hydroxylation sites is 1. The average Bonchev–Trinajstić information content (AvgIpc) is 3.25. The van der Waals surface area contributed by atoms with E-state index in [2.05, 4.69) is 87.2 Å². The van der Waals surface area contributed by atoms with Gasteiger partial charge in [-0.3, -0.25) is 0 Å². The van der Waals surface area contributed by atoms with Crippen LogP contribution in [0.3, 0.4) is 0 Å². The number of benzene rings is 2. The minimum absolute atomic E-state index is 0.0311. The Hall–Kier alpha value is -2.04. The van der Waals surface area contributed by atoms with E-state index < -0.39 is 0 Å². The van der Waals surface area contributed by atoms with Crippen molar-refractivity contribution in [2.45, 2.75) is 13.2 Å². The average molecular weight is 383 g/mol. The van der Waals surface area contributed by atoms with E-state index in [1.165, 1.54) is 16.8 Å². The molecule has 1 fully saturated rings. The molecule has 3 nitrogen and oxygen atoms in total. The Bertz CT molecular complexity index is 841. The van der Waals surface area contributed by atoms with Crippen LogP contribution in [0.1, 0.15) is 17.4 Å². The van der Waals surface area contributed by atoms with Crippen molar-refractivity contribution >= 4 is 21.6 Å². The third-order valence-electron chi connectivity index (χ3n) is 4.39. The van der Waals surface area contributed by atoms with Crippen LogP contribution >= 0.6 is 15.9 Å². The Morgan fingerprint density at radius 2 is 1.83 bits per heavy atom. The molecule has 2 heterocycles. The normalized spacial score (nSPS) is 17.4. The SMILES string of the molecule is Cc1ccc(N2CCOC2c2ccn(-c3ccccc3Br)c2)cc1. The smallest absolute Gasteiger partial charge is 0.158 e. The minimum atomic E-state index is -0.0311. The molecular weight excluding hydrogens is 364 g/mol. The van der Waals surface area contributed by atoms with E-state index in [0.717, 1.165) is 23.3 Å². The van der Waals surface area contributed by atoms with Crippen LogP contribution in [0.25, 0.3) is 5.69 Å². The molecule has 4 rings (SSSR count). The van der Waals surface area contributed by atoms with Crippen LogP contribution in [-0.2, 0) is 4.74 Å². The molecule has 0 saturated carbocycles. The maximum absolute atomic E-state index is 6.02. The second kappa shape index (κ2) is 6.46. The van der Waals surface area contributed by atoms with Gasteiger partial charge in [0.1, 0.15) is 0 Å². The lowest BCUT2D eigenvalue weighted by Gasteiger charge is -2.24. The summed E-state index contributed by atoms with van der Waals surface area (Å²) in [5, 5.41) is 0. The summed E-state index contributed by atoms with van der Waals surface area (Å²) >= 11 is 3.62. The third-order valence-corrected chi connectivity index (χ3v) is 5.06. The molecule has 0 spiro atoms. The van der Waals surface area contributed by atoms with Crippen LogP contribution in [0.15, 0.2) is 71.5 Å². The van der Waals surface area contributed by atoms with Gasteiger partial charge in [0.2, 0.25) is 0 Å². The van der Waals surface area contributed by atoms with Gasteiger partial charge >= 0.3 is 0 Å². The molecule has 0 aliphatic carbocycles. The summed E-state index contributed by atoms with van der Waals surface area (Å²) in [6.07, 6.45) is 4.21. The van der Waals surface area contributed by atoms with Crippen molar-refractivity contribution in [2.75, 3.05) is 18.1 Å². The monoisotopic (exact) mass is 382 g/mol. The van der Waals surface area contributed by atoms with Crippen LogP contribution in [-0.4, -0.2) is 17.7 Å². The summed E-state index contributed by atoms with van der Waals surface area (Å²) in [6, 6.07) is 19.0. The Morgan fingerprint density at radius 1 is 1.04 bits per heavy atom. The third kappa shape index (κ3) is 2.87. The number of nitrogens with zero attached hydrogens (tertiary/aromatic N) is 2. The molecule has 1 aliphatic rings. The van der Waals surface area contributed by atoms with Crippen molar-refractivity contribution in [3.63, 3.8) is 0 Å². The topological polar surface area (TPSA) is 17.4 Å². The lowest BCUT2D eigenvalue weighted by Crippen LogP contribution is -2.22. The highest BCUT2D eigenvalue weighted by Crippen LogP contribution is 2.33. The van der Waals surface area contributed by atoms with Crippen LogP contribution in [0.5, 0.6) is 0 Å². The first kappa shape index (κ1) is 15.5. The molecular formula is C20H19BrN2O. The number of aryl methyl sites for hydroxylation is 1. The minimum Gasteiger partial charge on any atom is -0.352 e. The maximum Gasteiger partial charge on any atom is 0.158 e. The fraction of sp³-hybridized carbons (Fsp3) is 0.200. The largest absolute Gasteiger partial charge is 0.352 e. The Kier molecular flexibility index (Phi) is 4.17. The number of hydrogen-bond acceptors (Lipinski definition) is 2. The molecule has 0 bridgehead atoms. The van der Waals surface area contributed by atoms with Crippen molar-refractivity contribution in [3.05, 3.63) is 82.6 Å². The van der Waals surface area contributed by atoms with E-state index in [1.54, 1.807) is 0 Å². The molecule has 1 atom stereocenters. The predicted molar refractivity (Wildman–Crippen MR) is 101 cm³/mol. The van der Waals surface area contributed by atoms with Gasteiger partial charge in [0, 0.05) is 34.7 Å². The van der Waals surface area contributed by atoms with Gasteiger partial charge in [-0.2, -0.15) is 0 Å². The summed E-state index contributed by atoms with van der Waals surface area (Å²) in [6.45, 7) is 3.77. The molecule has 2 aromatic carbocycles. The number of hydrogen-bond donors (Lipinski definition) is 0. The van der Waals surface area contributed by atoms with Gasteiger partial charge in [0.25, 0.3) is 0 Å². The van der Waals surface area contributed by atoms with Crippen molar-refractivity contribution < 1.29 is 4.74 Å². The van der Waals surface area contributed by atoms with Crippen molar-refractivity contribution in [2.24, 2.45) is 0 Å². The molecule has 122 valence electrons. The molecule has 4 heteroatoms. The molecule has 1 saturated heterocycles. The van der Waals surface area contributed by atoms with E-state index in [9.17, 15) is 0 Å². The zero-order chi connectivity index (χ0) is 16.5. The number of halogens is 1. The van der Waals surface area contributed by atoms with E-state index >= 15 is 0 Å². The van der Waals surface area contributed by atoms with Crippen LogP contribution in [0.2, 0.25) is 0 Å². The van der Waals surface area contributed by atoms with E-state index in [-0.39, 0.29) is 6.23 Å². The molecule has 1 aliphatic heterocycles. The number of aromatic nitrogens is 1. The summed E-state index contributed by atoms with van der Waals surface area (Å²) in [5.74, 6) is 0. The van der Waals surface area contributed by atoms with Crippen LogP contribution in [0, 0.1) is 6.92 Å². The lowest BCUT2D eigenvalue weighted by molar-refractivity contribution is 0.114. The van der Waals surface area contributed by atoms with Crippen molar-refractivity contribution in [1.29, 1.82) is 0 Å². The molecule has 24 heavy (non-hydrogen) atoms. The molecule has 3 aromatic rings. The van der Waals surface area contributed by atoms with Crippen molar-refractivity contribution in [1.82, 2.24) is 4.57 Å². The maximum atomic E-state index is 6.02. The molecule has 0 amide bonds. The highest BCUT2D eigenvalue weighted by Gasteiger charge is 2.27. The zero-order valence-electron chi connectivity index (χ0n) is 13.5. The summed E-state index contributed by atoms with van der Waals surface area (Å²) in [7, 11) is 0. The van der Waals surface area contributed by atoms with Crippen molar-refractivity contribution in [3.8, 4) is 5.69 Å². The first-order valence-corrected chi connectivity index (χ1v) is 8.89. The van der Waals surface area contributed by atoms with E-state index in [4.69, 9.17) is 4.74 Å². The lowest BCUT2D eigenvalue weighted by atomic mass is 10.2. The predicted octanol–water partition coefficient (Wildman–Crippen LogP) is 5.08. The highest BCUT2D eigenvalue weighted by atomic mass is 79.9. The van der Waals surface area contributed by atoms with Gasteiger partial charge in [0.05, 0.1) is 12.3 Å². The fourth-order valence-corrected chi connectivity index (χ4v) is 3.61. The molecule has 1 aromatic heterocycles. The van der Waals surface area contributed by atoms with E-state index in [0.29, 0.717) is 0 Å². The molecule has 1 unspecified atom stereocenters. The van der Waals surface area contributed by atoms with Gasteiger partial charge in [-0.05, 0) is 53.2 Å². The van der Waals surface area contributed by atoms with Gasteiger partial charge in [0.15, 0.2) is 6.23 Å². The van der Waals surface area contributed by atoms with Crippen LogP contribution in [0.4, 0.5) is 5.69 Å². The summed E-state index contributed by atoms with van der Waals surface area (Å²) < 4.78 is 9.23. The zero-order valence-corrected chi connectivity index (χ0v) is 15.1. The van der Waals surface area contributed by atoms with Gasteiger partial charge in [-0.25, -0.2) is 0 Å². The fourth-order valence-electron chi connectivity index (χ4n) is 3.12. The summed E-state index contributed by atoms with van der Waals surface area (Å²) in [5.41, 5.74) is 4.78. The molecule has 0 radical (unpaired) electrons. The first-order chi connectivity index (χ1) is 11.7. The van der Waals surface area contributed by atoms with Crippen LogP contribution < -0.4 is 4.90 Å².